The third kappa shape index (κ3) is 3.31. The summed E-state index contributed by atoms with van der Waals surface area (Å²) in [4.78, 5) is 14.1. The molecule has 0 fully saturated rings. The van der Waals surface area contributed by atoms with E-state index in [1.807, 2.05) is 25.1 Å². The van der Waals surface area contributed by atoms with Crippen LogP contribution in [-0.4, -0.2) is 41.6 Å². The Morgan fingerprint density at radius 3 is 2.79 bits per heavy atom. The molecule has 0 spiro atoms. The van der Waals surface area contributed by atoms with Gasteiger partial charge in [-0.05, 0) is 50.8 Å². The molecule has 2 aromatic carbocycles. The number of carbonyl (C=O) groups is 1. The molecule has 0 atom stereocenters. The largest absolute Gasteiger partial charge is 0.352 e. The molecule has 1 heterocycles. The zero-order chi connectivity index (χ0) is 17.1. The lowest BCUT2D eigenvalue weighted by Crippen LogP contribution is -2.22. The second-order valence-corrected chi connectivity index (χ2v) is 6.13. The van der Waals surface area contributed by atoms with E-state index < -0.39 is 0 Å². The number of hydrogen-bond acceptors (Lipinski definition) is 3. The summed E-state index contributed by atoms with van der Waals surface area (Å²) in [5, 5.41) is 11.3. The first kappa shape index (κ1) is 16.2. The molecule has 0 aliphatic carbocycles. The van der Waals surface area contributed by atoms with Crippen molar-refractivity contribution in [2.75, 3.05) is 20.6 Å². The Balaban J connectivity index is 1.98. The average Bonchev–Trinajstić information content (AvgIpc) is 2.97. The van der Waals surface area contributed by atoms with Crippen LogP contribution in [-0.2, 0) is 6.54 Å². The van der Waals surface area contributed by atoms with E-state index >= 15 is 0 Å². The Kier molecular flexibility index (Phi) is 4.62. The lowest BCUT2D eigenvalue weighted by Gasteiger charge is -2.10. The van der Waals surface area contributed by atoms with E-state index in [0.717, 1.165) is 28.7 Å². The fourth-order valence-electron chi connectivity index (χ4n) is 2.83. The predicted molar refractivity (Wildman–Crippen MR) is 96.9 cm³/mol. The van der Waals surface area contributed by atoms with Crippen LogP contribution in [0.1, 0.15) is 22.8 Å². The van der Waals surface area contributed by atoms with E-state index in [9.17, 15) is 4.79 Å². The number of H-pyrrole nitrogens is 1. The summed E-state index contributed by atoms with van der Waals surface area (Å²) >= 11 is 0. The van der Waals surface area contributed by atoms with Crippen molar-refractivity contribution in [2.45, 2.75) is 13.5 Å². The number of aromatic amines is 1. The lowest BCUT2D eigenvalue weighted by molar-refractivity contribution is 0.0956. The zero-order valence-corrected chi connectivity index (χ0v) is 14.3. The predicted octanol–water partition coefficient (Wildman–Crippen LogP) is 3.04. The second-order valence-electron chi connectivity index (χ2n) is 6.13. The van der Waals surface area contributed by atoms with Gasteiger partial charge in [0.2, 0.25) is 0 Å². The number of aromatic nitrogens is 2. The monoisotopic (exact) mass is 322 g/mol. The molecule has 3 rings (SSSR count). The maximum absolute atomic E-state index is 12.0. The summed E-state index contributed by atoms with van der Waals surface area (Å²) in [7, 11) is 4.11. The van der Waals surface area contributed by atoms with Gasteiger partial charge >= 0.3 is 0 Å². The van der Waals surface area contributed by atoms with Gasteiger partial charge in [-0.25, -0.2) is 0 Å². The van der Waals surface area contributed by atoms with E-state index in [-0.39, 0.29) is 5.91 Å². The minimum absolute atomic E-state index is 0.0662. The van der Waals surface area contributed by atoms with E-state index in [2.05, 4.69) is 58.8 Å². The van der Waals surface area contributed by atoms with Crippen LogP contribution >= 0.6 is 0 Å². The smallest absolute Gasteiger partial charge is 0.251 e. The topological polar surface area (TPSA) is 61.0 Å². The normalized spacial score (nSPS) is 11.2. The van der Waals surface area contributed by atoms with E-state index in [0.29, 0.717) is 12.1 Å². The van der Waals surface area contributed by atoms with Crippen LogP contribution in [0, 0.1) is 0 Å². The number of fused-ring (bicyclic) bond motifs is 1. The Bertz CT molecular complexity index is 867. The van der Waals surface area contributed by atoms with Crippen molar-refractivity contribution in [2.24, 2.45) is 0 Å². The van der Waals surface area contributed by atoms with Gasteiger partial charge in [0.05, 0.1) is 11.2 Å². The number of carbonyl (C=O) groups excluding carboxylic acids is 1. The highest BCUT2D eigenvalue weighted by atomic mass is 16.1. The minimum Gasteiger partial charge on any atom is -0.352 e. The van der Waals surface area contributed by atoms with Crippen molar-refractivity contribution >= 4 is 16.8 Å². The summed E-state index contributed by atoms with van der Waals surface area (Å²) in [6.45, 7) is 3.41. The van der Waals surface area contributed by atoms with Crippen LogP contribution in [0.2, 0.25) is 0 Å². The molecule has 1 amide bonds. The van der Waals surface area contributed by atoms with Gasteiger partial charge in [-0.3, -0.25) is 9.89 Å². The van der Waals surface area contributed by atoms with E-state index in [4.69, 9.17) is 0 Å². The van der Waals surface area contributed by atoms with Gasteiger partial charge in [0, 0.05) is 29.6 Å². The number of nitrogens with zero attached hydrogens (tertiary/aromatic N) is 2. The molecule has 0 unspecified atom stereocenters. The molecule has 2 N–H and O–H groups in total. The molecule has 5 heteroatoms. The third-order valence-electron chi connectivity index (χ3n) is 3.86. The second kappa shape index (κ2) is 6.84. The molecule has 1 aromatic heterocycles. The highest BCUT2D eigenvalue weighted by Gasteiger charge is 2.12. The zero-order valence-electron chi connectivity index (χ0n) is 14.3. The van der Waals surface area contributed by atoms with Crippen molar-refractivity contribution in [1.82, 2.24) is 20.4 Å². The first-order chi connectivity index (χ1) is 11.6. The van der Waals surface area contributed by atoms with Crippen molar-refractivity contribution in [3.63, 3.8) is 0 Å². The van der Waals surface area contributed by atoms with Gasteiger partial charge in [-0.2, -0.15) is 5.10 Å². The van der Waals surface area contributed by atoms with Gasteiger partial charge in [0.15, 0.2) is 0 Å². The quantitative estimate of drug-likeness (QED) is 0.759. The summed E-state index contributed by atoms with van der Waals surface area (Å²) in [5.74, 6) is -0.0662. The van der Waals surface area contributed by atoms with Gasteiger partial charge < -0.3 is 10.2 Å². The molecule has 0 saturated heterocycles. The number of hydrogen-bond donors (Lipinski definition) is 2. The van der Waals surface area contributed by atoms with Gasteiger partial charge in [0.25, 0.3) is 5.91 Å². The van der Waals surface area contributed by atoms with Crippen molar-refractivity contribution < 1.29 is 4.79 Å². The summed E-state index contributed by atoms with van der Waals surface area (Å²) in [5.41, 5.74) is 4.74. The molecule has 0 bridgehead atoms. The maximum atomic E-state index is 12.0. The maximum Gasteiger partial charge on any atom is 0.251 e. The van der Waals surface area contributed by atoms with Gasteiger partial charge in [-0.15, -0.1) is 0 Å². The van der Waals surface area contributed by atoms with Gasteiger partial charge in [-0.1, -0.05) is 18.2 Å². The summed E-state index contributed by atoms with van der Waals surface area (Å²) < 4.78 is 0. The first-order valence-corrected chi connectivity index (χ1v) is 8.09. The SMILES string of the molecule is CCNC(=O)c1ccc2c(-c3cccc(CN(C)C)c3)n[nH]c2c1. The Morgan fingerprint density at radius 2 is 2.04 bits per heavy atom. The molecule has 0 aliphatic rings. The molecule has 3 aromatic rings. The average molecular weight is 322 g/mol. The van der Waals surface area contributed by atoms with E-state index in [1.165, 1.54) is 5.56 Å². The first-order valence-electron chi connectivity index (χ1n) is 8.09. The number of rotatable bonds is 5. The molecule has 5 nitrogen and oxygen atoms in total. The van der Waals surface area contributed by atoms with Crippen LogP contribution in [0.3, 0.4) is 0 Å². The van der Waals surface area contributed by atoms with E-state index in [1.54, 1.807) is 0 Å². The number of amides is 1. The van der Waals surface area contributed by atoms with Crippen LogP contribution in [0.15, 0.2) is 42.5 Å². The fourth-order valence-corrected chi connectivity index (χ4v) is 2.83. The molecular weight excluding hydrogens is 300 g/mol. The molecule has 24 heavy (non-hydrogen) atoms. The molecule has 0 saturated carbocycles. The minimum atomic E-state index is -0.0662. The van der Waals surface area contributed by atoms with Crippen molar-refractivity contribution in [3.05, 3.63) is 53.6 Å². The van der Waals surface area contributed by atoms with Gasteiger partial charge in [0.1, 0.15) is 0 Å². The Hall–Kier alpha value is -2.66. The summed E-state index contributed by atoms with van der Waals surface area (Å²) in [6, 6.07) is 14.0. The van der Waals surface area contributed by atoms with Crippen LogP contribution in [0.5, 0.6) is 0 Å². The Labute approximate surface area is 141 Å². The molecule has 124 valence electrons. The van der Waals surface area contributed by atoms with Crippen LogP contribution < -0.4 is 5.32 Å². The molecule has 0 radical (unpaired) electrons. The molecule has 0 aliphatic heterocycles. The standard InChI is InChI=1S/C19H22N4O/c1-4-20-19(24)15-8-9-16-17(11-15)21-22-18(16)14-7-5-6-13(10-14)12-23(2)3/h5-11H,4,12H2,1-3H3,(H,20,24)(H,21,22). The highest BCUT2D eigenvalue weighted by Crippen LogP contribution is 2.27. The summed E-state index contributed by atoms with van der Waals surface area (Å²) in [6.07, 6.45) is 0. The van der Waals surface area contributed by atoms with Crippen molar-refractivity contribution in [3.8, 4) is 11.3 Å². The van der Waals surface area contributed by atoms with Crippen LogP contribution in [0.4, 0.5) is 0 Å². The number of benzene rings is 2. The molecular formula is C19H22N4O. The van der Waals surface area contributed by atoms with Crippen LogP contribution in [0.25, 0.3) is 22.2 Å². The Morgan fingerprint density at radius 1 is 1.21 bits per heavy atom. The third-order valence-corrected chi connectivity index (χ3v) is 3.86. The van der Waals surface area contributed by atoms with Crippen molar-refractivity contribution in [1.29, 1.82) is 0 Å². The highest BCUT2D eigenvalue weighted by molar-refractivity contribution is 6.00. The lowest BCUT2D eigenvalue weighted by atomic mass is 10.0. The number of nitrogens with one attached hydrogen (secondary N) is 2. The fraction of sp³-hybridized carbons (Fsp3) is 0.263.